The Morgan fingerprint density at radius 1 is 1.20 bits per heavy atom. The number of hydrogen-bond acceptors (Lipinski definition) is 5. The summed E-state index contributed by atoms with van der Waals surface area (Å²) in [4.78, 5) is 37.3. The Bertz CT molecular complexity index is 432. The second-order valence-electron chi connectivity index (χ2n) is 6.60. The van der Waals surface area contributed by atoms with E-state index in [4.69, 9.17) is 5.73 Å². The number of rotatable bonds is 10. The minimum atomic E-state index is -1.35. The lowest BCUT2D eigenvalue weighted by Crippen LogP contribution is -2.52. The van der Waals surface area contributed by atoms with E-state index in [9.17, 15) is 19.5 Å². The number of hydrogen-bond donors (Lipinski definition) is 4. The van der Waals surface area contributed by atoms with Crippen LogP contribution >= 0.6 is 12.4 Å². The molecule has 0 saturated heterocycles. The van der Waals surface area contributed by atoms with Gasteiger partial charge in [0.05, 0.1) is 6.54 Å². The maximum absolute atomic E-state index is 12.1. The van der Waals surface area contributed by atoms with Gasteiger partial charge in [0.1, 0.15) is 12.1 Å². The van der Waals surface area contributed by atoms with E-state index in [2.05, 4.69) is 10.6 Å². The van der Waals surface area contributed by atoms with Crippen molar-refractivity contribution in [2.75, 3.05) is 20.6 Å². The van der Waals surface area contributed by atoms with Crippen LogP contribution in [0.4, 0.5) is 0 Å². The second-order valence-corrected chi connectivity index (χ2v) is 6.60. The van der Waals surface area contributed by atoms with E-state index in [0.717, 1.165) is 6.42 Å². The van der Waals surface area contributed by atoms with Gasteiger partial charge in [-0.25, -0.2) is 0 Å². The van der Waals surface area contributed by atoms with Gasteiger partial charge in [-0.3, -0.25) is 14.4 Å². The summed E-state index contributed by atoms with van der Waals surface area (Å²) < 4.78 is 0. The minimum Gasteiger partial charge on any atom is -0.382 e. The van der Waals surface area contributed by atoms with Crippen LogP contribution in [0, 0.1) is 5.92 Å². The van der Waals surface area contributed by atoms with E-state index in [1.807, 2.05) is 20.8 Å². The maximum atomic E-state index is 12.1. The van der Waals surface area contributed by atoms with E-state index in [1.54, 1.807) is 14.1 Å². The number of likely N-dealkylation sites (N-methyl/N-ethyl adjacent to an activating group) is 1. The minimum absolute atomic E-state index is 0. The fourth-order valence-corrected chi connectivity index (χ4v) is 2.21. The maximum Gasteiger partial charge on any atom is 0.250 e. The molecule has 0 aromatic heterocycles. The number of nitrogens with zero attached hydrogens (tertiary/aromatic N) is 1. The zero-order valence-corrected chi connectivity index (χ0v) is 16.6. The number of aliphatic hydroxyl groups is 1. The number of amides is 3. The molecule has 0 fully saturated rings. The molecule has 0 aromatic rings. The first-order valence-electron chi connectivity index (χ1n) is 8.31. The van der Waals surface area contributed by atoms with Gasteiger partial charge in [-0.2, -0.15) is 0 Å². The van der Waals surface area contributed by atoms with Crippen molar-refractivity contribution in [2.24, 2.45) is 11.7 Å². The summed E-state index contributed by atoms with van der Waals surface area (Å²) in [6.45, 7) is 5.49. The van der Waals surface area contributed by atoms with Crippen LogP contribution in [0.15, 0.2) is 0 Å². The lowest BCUT2D eigenvalue weighted by molar-refractivity contribution is -0.135. The molecule has 0 aliphatic rings. The topological polar surface area (TPSA) is 125 Å². The van der Waals surface area contributed by atoms with Gasteiger partial charge < -0.3 is 26.4 Å². The van der Waals surface area contributed by atoms with E-state index >= 15 is 0 Å². The van der Waals surface area contributed by atoms with Crippen LogP contribution in [0.5, 0.6) is 0 Å². The van der Waals surface area contributed by atoms with Crippen LogP contribution in [0.25, 0.3) is 0 Å². The first-order chi connectivity index (χ1) is 11.1. The Labute approximate surface area is 156 Å². The molecule has 148 valence electrons. The van der Waals surface area contributed by atoms with Crippen molar-refractivity contribution in [1.82, 2.24) is 15.5 Å². The average Bonchev–Trinajstić information content (AvgIpc) is 2.50. The zero-order valence-electron chi connectivity index (χ0n) is 15.7. The van der Waals surface area contributed by atoms with Crippen molar-refractivity contribution >= 4 is 30.1 Å². The Morgan fingerprint density at radius 3 is 2.20 bits per heavy atom. The summed E-state index contributed by atoms with van der Waals surface area (Å²) in [6, 6.07) is -1.31. The molecule has 0 saturated carbocycles. The molecule has 0 heterocycles. The highest BCUT2D eigenvalue weighted by Gasteiger charge is 2.25. The summed E-state index contributed by atoms with van der Waals surface area (Å²) in [5, 5.41) is 14.7. The summed E-state index contributed by atoms with van der Waals surface area (Å²) >= 11 is 0. The largest absolute Gasteiger partial charge is 0.382 e. The highest BCUT2D eigenvalue weighted by Crippen LogP contribution is 2.06. The van der Waals surface area contributed by atoms with E-state index < -0.39 is 30.0 Å². The molecule has 0 bridgehead atoms. The third-order valence-electron chi connectivity index (χ3n) is 3.50. The number of aliphatic hydroxyl groups excluding tert-OH is 1. The molecule has 2 unspecified atom stereocenters. The molecule has 5 N–H and O–H groups in total. The zero-order chi connectivity index (χ0) is 18.9. The summed E-state index contributed by atoms with van der Waals surface area (Å²) in [5.41, 5.74) is 5.68. The smallest absolute Gasteiger partial charge is 0.250 e. The molecule has 25 heavy (non-hydrogen) atoms. The third-order valence-corrected chi connectivity index (χ3v) is 3.50. The molecule has 0 aromatic carbocycles. The quantitative estimate of drug-likeness (QED) is 0.411. The molecule has 3 amide bonds. The van der Waals surface area contributed by atoms with Gasteiger partial charge >= 0.3 is 0 Å². The summed E-state index contributed by atoms with van der Waals surface area (Å²) in [6.07, 6.45) is 0.401. The molecule has 9 heteroatoms. The number of carbonyl (C=O) groups excluding carboxylic acids is 3. The fraction of sp³-hybridized carbons (Fsp3) is 0.812. The third kappa shape index (κ3) is 10.3. The molecule has 0 radical (unpaired) electrons. The van der Waals surface area contributed by atoms with Gasteiger partial charge in [0.25, 0.3) is 5.91 Å². The van der Waals surface area contributed by atoms with Gasteiger partial charge in [-0.1, -0.05) is 27.2 Å². The molecule has 3 atom stereocenters. The molecule has 8 nitrogen and oxygen atoms in total. The fourth-order valence-electron chi connectivity index (χ4n) is 2.21. The SMILES string of the molecule is CCC[C@H](N)C(O)C(=O)NCC(=O)NC(CC(C)C)C(=O)N(C)C.Cl. The van der Waals surface area contributed by atoms with Crippen molar-refractivity contribution in [3.8, 4) is 0 Å². The standard InChI is InChI=1S/C16H32N4O4.ClH/c1-6-7-11(17)14(22)15(23)18-9-13(21)19-12(8-10(2)3)16(24)20(4)5;/h10-12,14,22H,6-9,17H2,1-5H3,(H,18,23)(H,19,21);1H/t11-,12?,14?;/m0./s1. The normalized spacial score (nSPS) is 14.1. The number of halogens is 1. The monoisotopic (exact) mass is 380 g/mol. The predicted octanol–water partition coefficient (Wildman–Crippen LogP) is -0.368. The van der Waals surface area contributed by atoms with E-state index in [1.165, 1.54) is 4.90 Å². The van der Waals surface area contributed by atoms with E-state index in [0.29, 0.717) is 12.8 Å². The van der Waals surface area contributed by atoms with Crippen molar-refractivity contribution < 1.29 is 19.5 Å². The lowest BCUT2D eigenvalue weighted by Gasteiger charge is -2.23. The van der Waals surface area contributed by atoms with Crippen molar-refractivity contribution in [1.29, 1.82) is 0 Å². The Balaban J connectivity index is 0. The van der Waals surface area contributed by atoms with Crippen LogP contribution in [0.1, 0.15) is 40.0 Å². The van der Waals surface area contributed by atoms with Gasteiger partial charge in [0.2, 0.25) is 11.8 Å². The molecule has 0 rings (SSSR count). The highest BCUT2D eigenvalue weighted by molar-refractivity contribution is 5.90. The molecule has 0 aliphatic carbocycles. The van der Waals surface area contributed by atoms with Gasteiger partial charge in [0.15, 0.2) is 0 Å². The summed E-state index contributed by atoms with van der Waals surface area (Å²) in [5.74, 6) is -1.15. The Kier molecular flexibility index (Phi) is 13.3. The molecule has 0 aliphatic heterocycles. The van der Waals surface area contributed by atoms with Crippen molar-refractivity contribution in [3.63, 3.8) is 0 Å². The van der Waals surface area contributed by atoms with Crippen LogP contribution in [0.3, 0.4) is 0 Å². The lowest BCUT2D eigenvalue weighted by atomic mass is 10.0. The molecule has 0 spiro atoms. The van der Waals surface area contributed by atoms with Gasteiger partial charge in [-0.15, -0.1) is 12.4 Å². The van der Waals surface area contributed by atoms with Crippen molar-refractivity contribution in [3.05, 3.63) is 0 Å². The number of carbonyl (C=O) groups is 3. The molecular weight excluding hydrogens is 348 g/mol. The van der Waals surface area contributed by atoms with Crippen LogP contribution in [-0.2, 0) is 14.4 Å². The van der Waals surface area contributed by atoms with E-state index in [-0.39, 0.29) is 30.8 Å². The second kappa shape index (κ2) is 12.9. The summed E-state index contributed by atoms with van der Waals surface area (Å²) in [7, 11) is 3.24. The Morgan fingerprint density at radius 2 is 1.76 bits per heavy atom. The van der Waals surface area contributed by atoms with Gasteiger partial charge in [0, 0.05) is 20.1 Å². The highest BCUT2D eigenvalue weighted by atomic mass is 35.5. The number of nitrogens with two attached hydrogens (primary N) is 1. The Hall–Kier alpha value is -1.38. The number of nitrogens with one attached hydrogen (secondary N) is 2. The van der Waals surface area contributed by atoms with Crippen LogP contribution < -0.4 is 16.4 Å². The van der Waals surface area contributed by atoms with Gasteiger partial charge in [-0.05, 0) is 18.8 Å². The first kappa shape index (κ1) is 25.9. The van der Waals surface area contributed by atoms with Crippen molar-refractivity contribution in [2.45, 2.75) is 58.2 Å². The van der Waals surface area contributed by atoms with Crippen LogP contribution in [0.2, 0.25) is 0 Å². The predicted molar refractivity (Wildman–Crippen MR) is 99.2 cm³/mol. The first-order valence-corrected chi connectivity index (χ1v) is 8.31. The average molecular weight is 381 g/mol. The van der Waals surface area contributed by atoms with Crippen LogP contribution in [-0.4, -0.2) is 66.6 Å². The molecular formula is C16H33ClN4O4.